The second kappa shape index (κ2) is 5.87. The number of esters is 1. The van der Waals surface area contributed by atoms with E-state index in [9.17, 15) is 9.59 Å². The molecule has 0 aliphatic carbocycles. The Morgan fingerprint density at radius 1 is 1.35 bits per heavy atom. The lowest BCUT2D eigenvalue weighted by Gasteiger charge is -2.05. The number of H-pyrrole nitrogens is 1. The van der Waals surface area contributed by atoms with Crippen LogP contribution in [0, 0.1) is 0 Å². The lowest BCUT2D eigenvalue weighted by atomic mass is 10.2. The van der Waals surface area contributed by atoms with Crippen LogP contribution in [0.3, 0.4) is 0 Å². The molecule has 0 aliphatic heterocycles. The standard InChI is InChI=1S/C13H14N4O3/c1-2-20-13(19)10-7-15-17-11(10)16-12(18)8-3-5-9(14)6-4-8/h3-7H,2,14H2,1H3,(H2,15,16,17,18). The highest BCUT2D eigenvalue weighted by molar-refractivity contribution is 6.07. The van der Waals surface area contributed by atoms with Crippen molar-refractivity contribution in [3.63, 3.8) is 0 Å². The Morgan fingerprint density at radius 2 is 2.05 bits per heavy atom. The molecule has 1 aromatic carbocycles. The fourth-order valence-corrected chi connectivity index (χ4v) is 1.57. The smallest absolute Gasteiger partial charge is 0.343 e. The molecule has 7 nitrogen and oxygen atoms in total. The second-order valence-electron chi connectivity index (χ2n) is 3.96. The largest absolute Gasteiger partial charge is 0.462 e. The molecular weight excluding hydrogens is 260 g/mol. The van der Waals surface area contributed by atoms with Crippen LogP contribution in [0.1, 0.15) is 27.6 Å². The van der Waals surface area contributed by atoms with Gasteiger partial charge in [-0.3, -0.25) is 9.89 Å². The van der Waals surface area contributed by atoms with Crippen molar-refractivity contribution in [2.75, 3.05) is 17.7 Å². The molecule has 0 radical (unpaired) electrons. The molecule has 20 heavy (non-hydrogen) atoms. The molecular formula is C13H14N4O3. The van der Waals surface area contributed by atoms with Crippen molar-refractivity contribution in [3.8, 4) is 0 Å². The minimum absolute atomic E-state index is 0.177. The van der Waals surface area contributed by atoms with Crippen molar-refractivity contribution in [2.45, 2.75) is 6.92 Å². The Morgan fingerprint density at radius 3 is 2.70 bits per heavy atom. The highest BCUT2D eigenvalue weighted by Crippen LogP contribution is 2.14. The van der Waals surface area contributed by atoms with Crippen LogP contribution in [0.2, 0.25) is 0 Å². The average molecular weight is 274 g/mol. The Kier molecular flexibility index (Phi) is 3.99. The predicted octanol–water partition coefficient (Wildman–Crippen LogP) is 1.42. The van der Waals surface area contributed by atoms with Gasteiger partial charge in [-0.15, -0.1) is 0 Å². The first-order chi connectivity index (χ1) is 9.61. The molecule has 1 amide bonds. The van der Waals surface area contributed by atoms with Gasteiger partial charge in [0.05, 0.1) is 12.8 Å². The molecule has 2 aromatic rings. The molecule has 1 heterocycles. The SMILES string of the molecule is CCOC(=O)c1cn[nH]c1NC(=O)c1ccc(N)cc1. The van der Waals surface area contributed by atoms with Gasteiger partial charge in [0.15, 0.2) is 0 Å². The lowest BCUT2D eigenvalue weighted by Crippen LogP contribution is -2.15. The predicted molar refractivity (Wildman–Crippen MR) is 73.4 cm³/mol. The summed E-state index contributed by atoms with van der Waals surface area (Å²) in [5, 5.41) is 8.84. The van der Waals surface area contributed by atoms with Gasteiger partial charge in [0.2, 0.25) is 0 Å². The van der Waals surface area contributed by atoms with Crippen LogP contribution < -0.4 is 11.1 Å². The summed E-state index contributed by atoms with van der Waals surface area (Å²) in [6, 6.07) is 6.42. The third-order valence-electron chi connectivity index (χ3n) is 2.55. The van der Waals surface area contributed by atoms with Crippen molar-refractivity contribution >= 4 is 23.4 Å². The molecule has 104 valence electrons. The molecule has 0 unspecified atom stereocenters. The summed E-state index contributed by atoms with van der Waals surface area (Å²) in [6.45, 7) is 1.94. The molecule has 7 heteroatoms. The molecule has 1 aromatic heterocycles. The molecule has 0 fully saturated rings. The molecule has 0 bridgehead atoms. The Balaban J connectivity index is 2.14. The van der Waals surface area contributed by atoms with Crippen LogP contribution >= 0.6 is 0 Å². The fraction of sp³-hybridized carbons (Fsp3) is 0.154. The highest BCUT2D eigenvalue weighted by atomic mass is 16.5. The third kappa shape index (κ3) is 2.94. The summed E-state index contributed by atoms with van der Waals surface area (Å²) < 4.78 is 4.86. The van der Waals surface area contributed by atoms with E-state index in [0.29, 0.717) is 11.3 Å². The maximum absolute atomic E-state index is 12.0. The summed E-state index contributed by atoms with van der Waals surface area (Å²) in [6.07, 6.45) is 1.30. The van der Waals surface area contributed by atoms with E-state index < -0.39 is 5.97 Å². The maximum Gasteiger partial charge on any atom is 0.343 e. The number of rotatable bonds is 4. The zero-order valence-electron chi connectivity index (χ0n) is 10.8. The monoisotopic (exact) mass is 274 g/mol. The molecule has 0 saturated carbocycles. The zero-order chi connectivity index (χ0) is 14.5. The van der Waals surface area contributed by atoms with Gasteiger partial charge < -0.3 is 15.8 Å². The first-order valence-corrected chi connectivity index (χ1v) is 5.99. The van der Waals surface area contributed by atoms with E-state index in [1.807, 2.05) is 0 Å². The van der Waals surface area contributed by atoms with Gasteiger partial charge in [0.1, 0.15) is 11.4 Å². The van der Waals surface area contributed by atoms with Gasteiger partial charge in [-0.2, -0.15) is 5.10 Å². The van der Waals surface area contributed by atoms with Gasteiger partial charge in [0, 0.05) is 11.3 Å². The number of nitrogen functional groups attached to an aromatic ring is 1. The van der Waals surface area contributed by atoms with Gasteiger partial charge >= 0.3 is 5.97 Å². The number of hydrogen-bond donors (Lipinski definition) is 3. The van der Waals surface area contributed by atoms with E-state index in [2.05, 4.69) is 15.5 Å². The van der Waals surface area contributed by atoms with Crippen LogP contribution in [-0.4, -0.2) is 28.7 Å². The summed E-state index contributed by atoms with van der Waals surface area (Å²) in [7, 11) is 0. The third-order valence-corrected chi connectivity index (χ3v) is 2.55. The van der Waals surface area contributed by atoms with Crippen molar-refractivity contribution in [1.82, 2.24) is 10.2 Å². The van der Waals surface area contributed by atoms with Gasteiger partial charge in [-0.25, -0.2) is 4.79 Å². The van der Waals surface area contributed by atoms with E-state index in [4.69, 9.17) is 10.5 Å². The number of aromatic nitrogens is 2. The van der Waals surface area contributed by atoms with E-state index in [1.165, 1.54) is 6.20 Å². The number of nitrogens with zero attached hydrogens (tertiary/aromatic N) is 1. The number of anilines is 2. The second-order valence-corrected chi connectivity index (χ2v) is 3.96. The average Bonchev–Trinajstić information content (AvgIpc) is 2.88. The zero-order valence-corrected chi connectivity index (χ0v) is 10.8. The molecule has 0 atom stereocenters. The van der Waals surface area contributed by atoms with Crippen LogP contribution in [0.5, 0.6) is 0 Å². The van der Waals surface area contributed by atoms with Gasteiger partial charge in [-0.1, -0.05) is 0 Å². The molecule has 2 rings (SSSR count). The van der Waals surface area contributed by atoms with Crippen LogP contribution in [0.15, 0.2) is 30.5 Å². The number of ether oxygens (including phenoxy) is 1. The number of nitrogens with one attached hydrogen (secondary N) is 2. The van der Waals surface area contributed by atoms with E-state index >= 15 is 0 Å². The Labute approximate surface area is 115 Å². The van der Waals surface area contributed by atoms with Crippen molar-refractivity contribution in [1.29, 1.82) is 0 Å². The van der Waals surface area contributed by atoms with E-state index in [1.54, 1.807) is 31.2 Å². The number of benzene rings is 1. The molecule has 4 N–H and O–H groups in total. The lowest BCUT2D eigenvalue weighted by molar-refractivity contribution is 0.0527. The minimum atomic E-state index is -0.547. The van der Waals surface area contributed by atoms with E-state index in [-0.39, 0.29) is 23.9 Å². The summed E-state index contributed by atoms with van der Waals surface area (Å²) in [4.78, 5) is 23.6. The van der Waals surface area contributed by atoms with Gasteiger partial charge in [0.25, 0.3) is 5.91 Å². The van der Waals surface area contributed by atoms with Crippen LogP contribution in [-0.2, 0) is 4.74 Å². The van der Waals surface area contributed by atoms with Crippen molar-refractivity contribution in [3.05, 3.63) is 41.6 Å². The number of nitrogens with two attached hydrogens (primary N) is 1. The Hall–Kier alpha value is -2.83. The molecule has 0 aliphatic rings. The topological polar surface area (TPSA) is 110 Å². The number of amides is 1. The van der Waals surface area contributed by atoms with Crippen molar-refractivity contribution < 1.29 is 14.3 Å². The minimum Gasteiger partial charge on any atom is -0.462 e. The van der Waals surface area contributed by atoms with Gasteiger partial charge in [-0.05, 0) is 31.2 Å². The maximum atomic E-state index is 12.0. The summed E-state index contributed by atoms with van der Waals surface area (Å²) in [5.41, 5.74) is 6.71. The van der Waals surface area contributed by atoms with Crippen LogP contribution in [0.25, 0.3) is 0 Å². The van der Waals surface area contributed by atoms with E-state index in [0.717, 1.165) is 0 Å². The fourth-order valence-electron chi connectivity index (χ4n) is 1.57. The first-order valence-electron chi connectivity index (χ1n) is 5.99. The number of hydrogen-bond acceptors (Lipinski definition) is 5. The summed E-state index contributed by atoms with van der Waals surface area (Å²) in [5.74, 6) is -0.723. The molecule has 0 saturated heterocycles. The molecule has 0 spiro atoms. The quantitative estimate of drug-likeness (QED) is 0.577. The summed E-state index contributed by atoms with van der Waals surface area (Å²) >= 11 is 0. The normalized spacial score (nSPS) is 10.1. The Bertz CT molecular complexity index is 619. The number of carbonyl (C=O) groups excluding carboxylic acids is 2. The number of carbonyl (C=O) groups is 2. The van der Waals surface area contributed by atoms with Crippen molar-refractivity contribution in [2.24, 2.45) is 0 Å². The highest BCUT2D eigenvalue weighted by Gasteiger charge is 2.17. The van der Waals surface area contributed by atoms with Crippen LogP contribution in [0.4, 0.5) is 11.5 Å². The first kappa shape index (κ1) is 13.6. The number of aromatic amines is 1.